The Hall–Kier alpha value is -2.70. The molecule has 2 aromatic carbocycles. The van der Waals surface area contributed by atoms with Crippen molar-refractivity contribution in [2.45, 2.75) is 228 Å². The first-order valence-corrected chi connectivity index (χ1v) is 27.0. The van der Waals surface area contributed by atoms with Crippen LogP contribution >= 0.6 is 0 Å². The summed E-state index contributed by atoms with van der Waals surface area (Å²) in [6.45, 7) is 44.4. The van der Waals surface area contributed by atoms with Gasteiger partial charge in [0.1, 0.15) is 0 Å². The first-order chi connectivity index (χ1) is 30.3. The molecule has 3 heterocycles. The van der Waals surface area contributed by atoms with Gasteiger partial charge in [-0.3, -0.25) is 0 Å². The average Bonchev–Trinajstić information content (AvgIpc) is 3.47. The van der Waals surface area contributed by atoms with E-state index in [4.69, 9.17) is 9.47 Å². The maximum atomic E-state index is 7.34. The SMILES string of the molecule is CCCC[N+](CCCC)(CCCC)CCCC(CCC[N+](CCCC)(CCCC)CCCC)c1ccc2c(c1)C=[N+]1C(C)(C)C[N+]3=Cc4cc(C(C)(C)C)cc(C(C)(C)C)c4OC31O2. The summed E-state index contributed by atoms with van der Waals surface area (Å²) in [7, 11) is 0. The van der Waals surface area contributed by atoms with Gasteiger partial charge in [0, 0.05) is 19.4 Å². The molecule has 3 aliphatic rings. The van der Waals surface area contributed by atoms with Crippen LogP contribution in [0.2, 0.25) is 0 Å². The molecule has 0 aromatic heterocycles. The van der Waals surface area contributed by atoms with Crippen molar-refractivity contribution >= 4 is 12.4 Å². The molecule has 0 aliphatic carbocycles. The smallest absolute Gasteiger partial charge is 0.341 e. The molecule has 2 aromatic rings. The number of hydrogen-bond acceptors (Lipinski definition) is 2. The van der Waals surface area contributed by atoms with E-state index in [2.05, 4.69) is 149 Å². The molecule has 0 radical (unpaired) electrons. The van der Waals surface area contributed by atoms with Crippen molar-refractivity contribution in [3.63, 3.8) is 0 Å². The fourth-order valence-corrected chi connectivity index (χ4v) is 11.3. The van der Waals surface area contributed by atoms with Gasteiger partial charge in [-0.1, -0.05) is 143 Å². The Morgan fingerprint density at radius 3 is 1.47 bits per heavy atom. The quantitative estimate of drug-likeness (QED) is 0.0659. The summed E-state index contributed by atoms with van der Waals surface area (Å²) in [5.74, 6) is 2.40. The van der Waals surface area contributed by atoms with Crippen molar-refractivity contribution in [2.24, 2.45) is 0 Å². The summed E-state index contributed by atoms with van der Waals surface area (Å²) >= 11 is 0. The second kappa shape index (κ2) is 22.4. The number of hydrogen-bond donors (Lipinski definition) is 0. The van der Waals surface area contributed by atoms with Gasteiger partial charge >= 0.3 is 6.03 Å². The lowest BCUT2D eigenvalue weighted by atomic mass is 9.79. The second-order valence-corrected chi connectivity index (χ2v) is 23.6. The highest BCUT2D eigenvalue weighted by molar-refractivity contribution is 5.84. The molecule has 0 N–H and O–H groups in total. The van der Waals surface area contributed by atoms with Gasteiger partial charge in [-0.25, -0.2) is 0 Å². The van der Waals surface area contributed by atoms with Gasteiger partial charge in [-0.05, 0) is 110 Å². The Morgan fingerprint density at radius 1 is 0.562 bits per heavy atom. The van der Waals surface area contributed by atoms with Gasteiger partial charge in [0.15, 0.2) is 23.9 Å². The van der Waals surface area contributed by atoms with Crippen molar-refractivity contribution in [3.8, 4) is 11.5 Å². The van der Waals surface area contributed by atoms with Crippen LogP contribution in [0, 0.1) is 0 Å². The predicted octanol–water partition coefficient (Wildman–Crippen LogP) is 14.1. The van der Waals surface area contributed by atoms with E-state index in [1.54, 1.807) is 0 Å². The van der Waals surface area contributed by atoms with E-state index in [1.165, 1.54) is 186 Å². The molecular weight excluding hydrogens is 785 g/mol. The monoisotopic (exact) mass is 885 g/mol. The molecule has 1 unspecified atom stereocenters. The van der Waals surface area contributed by atoms with Crippen LogP contribution in [-0.4, -0.2) is 101 Å². The van der Waals surface area contributed by atoms with Crippen LogP contribution in [0.5, 0.6) is 11.5 Å². The van der Waals surface area contributed by atoms with Crippen LogP contribution in [-0.2, 0) is 10.8 Å². The van der Waals surface area contributed by atoms with Crippen LogP contribution in [0.1, 0.15) is 233 Å². The number of fused-ring (bicyclic) bond motifs is 2. The number of benzene rings is 2. The largest absolute Gasteiger partial charge is 0.704 e. The minimum absolute atomic E-state index is 0.0285. The molecule has 1 atom stereocenters. The van der Waals surface area contributed by atoms with E-state index in [-0.39, 0.29) is 16.4 Å². The van der Waals surface area contributed by atoms with Gasteiger partial charge in [0.2, 0.25) is 12.1 Å². The highest BCUT2D eigenvalue weighted by atomic mass is 16.7. The van der Waals surface area contributed by atoms with Crippen LogP contribution < -0.4 is 9.47 Å². The summed E-state index contributed by atoms with van der Waals surface area (Å²) in [6.07, 6.45) is 25.7. The molecule has 6 nitrogen and oxygen atoms in total. The van der Waals surface area contributed by atoms with Crippen molar-refractivity contribution in [2.75, 3.05) is 58.9 Å². The van der Waals surface area contributed by atoms with E-state index < -0.39 is 6.03 Å². The molecule has 6 heteroatoms. The number of quaternary nitrogens is 2. The summed E-state index contributed by atoms with van der Waals surface area (Å²) in [5.41, 5.74) is 6.13. The second-order valence-electron chi connectivity index (χ2n) is 23.6. The molecule has 1 fully saturated rings. The first kappa shape index (κ1) is 52.3. The fourth-order valence-electron chi connectivity index (χ4n) is 11.3. The Morgan fingerprint density at radius 2 is 1.03 bits per heavy atom. The van der Waals surface area contributed by atoms with Gasteiger partial charge in [0.25, 0.3) is 0 Å². The molecule has 0 amide bonds. The average molecular weight is 885 g/mol. The minimum atomic E-state index is -1.07. The summed E-state index contributed by atoms with van der Waals surface area (Å²) in [5, 5.41) is 0. The van der Waals surface area contributed by atoms with E-state index in [0.717, 1.165) is 23.6 Å². The molecule has 3 aliphatic heterocycles. The van der Waals surface area contributed by atoms with Crippen LogP contribution in [0.4, 0.5) is 0 Å². The summed E-state index contributed by atoms with van der Waals surface area (Å²) in [6, 6.07) is 10.9. The molecule has 1 saturated heterocycles. The summed E-state index contributed by atoms with van der Waals surface area (Å²) < 4.78 is 22.0. The normalized spacial score (nSPS) is 18.2. The first-order valence-electron chi connectivity index (χ1n) is 27.0. The lowest BCUT2D eigenvalue weighted by Gasteiger charge is -2.40. The maximum absolute atomic E-state index is 7.34. The molecule has 0 saturated carbocycles. The fraction of sp³-hybridized carbons (Fsp3) is 0.759. The van der Waals surface area contributed by atoms with Crippen LogP contribution in [0.25, 0.3) is 0 Å². The molecule has 0 bridgehead atoms. The Labute approximate surface area is 395 Å². The molecule has 5 rings (SSSR count). The highest BCUT2D eigenvalue weighted by Crippen LogP contribution is 2.46. The minimum Gasteiger partial charge on any atom is -0.341 e. The zero-order valence-corrected chi connectivity index (χ0v) is 44.4. The molecule has 1 spiro atoms. The van der Waals surface area contributed by atoms with E-state index in [9.17, 15) is 0 Å². The van der Waals surface area contributed by atoms with Crippen molar-refractivity contribution in [3.05, 3.63) is 58.1 Å². The van der Waals surface area contributed by atoms with Crippen LogP contribution in [0.15, 0.2) is 30.3 Å². The van der Waals surface area contributed by atoms with Crippen LogP contribution in [0.3, 0.4) is 0 Å². The molecule has 64 heavy (non-hydrogen) atoms. The third-order valence-electron chi connectivity index (χ3n) is 15.5. The topological polar surface area (TPSA) is 24.5 Å². The zero-order chi connectivity index (χ0) is 46.8. The number of rotatable bonds is 27. The third-order valence-corrected chi connectivity index (χ3v) is 15.5. The third kappa shape index (κ3) is 12.4. The summed E-state index contributed by atoms with van der Waals surface area (Å²) in [4.78, 5) is 0. The van der Waals surface area contributed by atoms with Gasteiger partial charge in [-0.2, -0.15) is 0 Å². The molecular formula is C58H100N4O2+4. The van der Waals surface area contributed by atoms with Gasteiger partial charge in [-0.15, -0.1) is 0 Å². The van der Waals surface area contributed by atoms with E-state index in [1.807, 2.05) is 0 Å². The Kier molecular flexibility index (Phi) is 18.3. The maximum Gasteiger partial charge on any atom is 0.704 e. The van der Waals surface area contributed by atoms with Gasteiger partial charge in [0.05, 0.1) is 63.5 Å². The molecule has 360 valence electrons. The van der Waals surface area contributed by atoms with Crippen molar-refractivity contribution < 1.29 is 27.6 Å². The highest BCUT2D eigenvalue weighted by Gasteiger charge is 2.75. The van der Waals surface area contributed by atoms with Crippen molar-refractivity contribution in [1.82, 2.24) is 0 Å². The zero-order valence-electron chi connectivity index (χ0n) is 44.4. The lowest BCUT2D eigenvalue weighted by molar-refractivity contribution is -0.929. The lowest BCUT2D eigenvalue weighted by Crippen LogP contribution is -2.61. The van der Waals surface area contributed by atoms with E-state index >= 15 is 0 Å². The number of unbranched alkanes of at least 4 members (excludes halogenated alkanes) is 6. The standard InChI is InChI=1S/C58H100N4O2/c1-15-21-33-61(34-22-16-2,35-23-17-3)39-27-29-47(30-28-40-62(36-24-18-4,37-25-19-5)38-26-20-6)48-31-32-53-49(41-48)45-60-57(13,14)46-59-44-50-42-51(55(7,8)9)43-52(56(10,11)12)54(50)64-58(59,60)63-53/h31-32,41-45,47H,15-30,33-40,46H2,1-14H3/q+4. The number of nitrogens with zero attached hydrogens (tertiary/aromatic N) is 4. The Bertz CT molecular complexity index is 1780. The van der Waals surface area contributed by atoms with E-state index in [0.29, 0.717) is 5.92 Å². The van der Waals surface area contributed by atoms with Crippen molar-refractivity contribution in [1.29, 1.82) is 0 Å². The predicted molar refractivity (Wildman–Crippen MR) is 274 cm³/mol. The number of ether oxygens (including phenoxy) is 2. The Balaban J connectivity index is 1.51. The van der Waals surface area contributed by atoms with Gasteiger partial charge < -0.3 is 18.4 Å².